The van der Waals surface area contributed by atoms with Crippen molar-refractivity contribution in [2.24, 2.45) is 11.8 Å². The van der Waals surface area contributed by atoms with Crippen molar-refractivity contribution in [3.8, 4) is 0 Å². The highest BCUT2D eigenvalue weighted by Gasteiger charge is 2.37. The number of esters is 1. The van der Waals surface area contributed by atoms with Crippen LogP contribution in [0.25, 0.3) is 11.0 Å². The Hall–Kier alpha value is -2.22. The first kappa shape index (κ1) is 24.9. The molecular weight excluding hydrogens is 434 g/mol. The van der Waals surface area contributed by atoms with Crippen molar-refractivity contribution >= 4 is 22.7 Å². The normalized spacial score (nSPS) is 21.2. The number of methoxy groups -OCH3 is 1. The first-order valence-corrected chi connectivity index (χ1v) is 12.7. The number of carbonyl (C=O) groups excluding carboxylic acids is 2. The van der Waals surface area contributed by atoms with Crippen molar-refractivity contribution in [2.75, 3.05) is 40.1 Å². The average molecular weight is 472 g/mol. The van der Waals surface area contributed by atoms with Crippen LogP contribution in [0.5, 0.6) is 0 Å². The smallest absolute Gasteiger partial charge is 0.374 e. The fourth-order valence-corrected chi connectivity index (χ4v) is 5.40. The van der Waals surface area contributed by atoms with Crippen molar-refractivity contribution in [3.63, 3.8) is 0 Å². The van der Waals surface area contributed by atoms with Crippen LogP contribution in [-0.4, -0.2) is 57.9 Å². The molecule has 186 valence electrons. The van der Waals surface area contributed by atoms with E-state index in [1.165, 1.54) is 32.1 Å². The molecule has 7 heteroatoms. The molecule has 1 saturated carbocycles. The molecule has 2 aliphatic rings. The van der Waals surface area contributed by atoms with E-state index in [0.29, 0.717) is 50.1 Å². The van der Waals surface area contributed by atoms with Crippen molar-refractivity contribution in [1.82, 2.24) is 5.32 Å². The summed E-state index contributed by atoms with van der Waals surface area (Å²) in [7, 11) is 1.62. The number of Topliss-reactive ketones (excluding diaryl/α,β-unsaturated/α-hetero) is 1. The highest BCUT2D eigenvalue weighted by atomic mass is 16.5. The maximum Gasteiger partial charge on any atom is 0.374 e. The topological polar surface area (TPSA) is 87.0 Å². The lowest BCUT2D eigenvalue weighted by atomic mass is 9.75. The zero-order valence-electron chi connectivity index (χ0n) is 20.2. The van der Waals surface area contributed by atoms with E-state index in [9.17, 15) is 9.59 Å². The van der Waals surface area contributed by atoms with Crippen LogP contribution in [0.1, 0.15) is 61.1 Å². The van der Waals surface area contributed by atoms with Gasteiger partial charge in [0, 0.05) is 31.9 Å². The molecule has 2 fully saturated rings. The standard InChI is InChI=1S/C27H37NO6/c1-31-14-15-32-12-5-13-33-27(30)25-18-21-16-19(8-9-24(21)34-25)17-23(29)26-22(10-11-28-26)20-6-3-2-4-7-20/h8-9,16,18,20,22,26,28H,2-7,10-15,17H2,1H3/t22-,26-/m0/s1. The molecule has 1 aromatic carbocycles. The van der Waals surface area contributed by atoms with E-state index >= 15 is 0 Å². The summed E-state index contributed by atoms with van der Waals surface area (Å²) in [6.45, 7) is 2.77. The molecule has 0 radical (unpaired) electrons. The second-order valence-corrected chi connectivity index (χ2v) is 9.50. The molecule has 1 aliphatic heterocycles. The van der Waals surface area contributed by atoms with Crippen molar-refractivity contribution in [1.29, 1.82) is 0 Å². The van der Waals surface area contributed by atoms with Crippen LogP contribution in [0, 0.1) is 11.8 Å². The third-order valence-corrected chi connectivity index (χ3v) is 7.13. The van der Waals surface area contributed by atoms with Crippen molar-refractivity contribution in [3.05, 3.63) is 35.6 Å². The molecule has 2 atom stereocenters. The van der Waals surface area contributed by atoms with Gasteiger partial charge in [-0.3, -0.25) is 4.79 Å². The van der Waals surface area contributed by atoms with Crippen LogP contribution < -0.4 is 5.32 Å². The van der Waals surface area contributed by atoms with Crippen LogP contribution >= 0.6 is 0 Å². The lowest BCUT2D eigenvalue weighted by Crippen LogP contribution is -2.40. The van der Waals surface area contributed by atoms with Crippen molar-refractivity contribution in [2.45, 2.75) is 57.4 Å². The molecule has 1 aromatic heterocycles. The fourth-order valence-electron chi connectivity index (χ4n) is 5.40. The summed E-state index contributed by atoms with van der Waals surface area (Å²) >= 11 is 0. The monoisotopic (exact) mass is 471 g/mol. The predicted molar refractivity (Wildman–Crippen MR) is 129 cm³/mol. The van der Waals surface area contributed by atoms with Crippen LogP contribution in [0.3, 0.4) is 0 Å². The SMILES string of the molecule is COCCOCCCOC(=O)c1cc2cc(CC(=O)[C@H]3NCC[C@H]3C3CCCCC3)ccc2o1. The number of ketones is 1. The number of rotatable bonds is 12. The molecule has 1 aliphatic carbocycles. The summed E-state index contributed by atoms with van der Waals surface area (Å²) in [6, 6.07) is 7.35. The van der Waals surface area contributed by atoms with E-state index in [0.717, 1.165) is 23.9 Å². The quantitative estimate of drug-likeness (QED) is 0.364. The van der Waals surface area contributed by atoms with Gasteiger partial charge in [-0.2, -0.15) is 0 Å². The summed E-state index contributed by atoms with van der Waals surface area (Å²) in [5.74, 6) is 1.10. The molecule has 0 bridgehead atoms. The van der Waals surface area contributed by atoms with E-state index in [2.05, 4.69) is 5.32 Å². The van der Waals surface area contributed by atoms with Crippen molar-refractivity contribution < 1.29 is 28.2 Å². The number of furan rings is 1. The number of hydrogen-bond donors (Lipinski definition) is 1. The van der Waals surface area contributed by atoms with Crippen LogP contribution in [0.15, 0.2) is 28.7 Å². The highest BCUT2D eigenvalue weighted by Crippen LogP contribution is 2.36. The number of carbonyl (C=O) groups is 2. The zero-order valence-corrected chi connectivity index (χ0v) is 20.2. The largest absolute Gasteiger partial charge is 0.460 e. The lowest BCUT2D eigenvalue weighted by Gasteiger charge is -2.30. The number of hydrogen-bond acceptors (Lipinski definition) is 7. The number of fused-ring (bicyclic) bond motifs is 1. The summed E-state index contributed by atoms with van der Waals surface area (Å²) in [4.78, 5) is 25.5. The minimum absolute atomic E-state index is 0.0350. The van der Waals surface area contributed by atoms with E-state index in [1.54, 1.807) is 13.2 Å². The Kier molecular flexibility index (Phi) is 9.13. The van der Waals surface area contributed by atoms with Gasteiger partial charge in [-0.15, -0.1) is 0 Å². The van der Waals surface area contributed by atoms with Gasteiger partial charge in [0.15, 0.2) is 5.78 Å². The predicted octanol–water partition coefficient (Wildman–Crippen LogP) is 4.31. The second kappa shape index (κ2) is 12.5. The van der Waals surface area contributed by atoms with E-state index in [1.807, 2.05) is 18.2 Å². The third-order valence-electron chi connectivity index (χ3n) is 7.13. The molecule has 34 heavy (non-hydrogen) atoms. The second-order valence-electron chi connectivity index (χ2n) is 9.50. The van der Waals surface area contributed by atoms with Gasteiger partial charge in [-0.1, -0.05) is 38.2 Å². The zero-order chi connectivity index (χ0) is 23.8. The molecule has 0 spiro atoms. The maximum atomic E-state index is 13.2. The lowest BCUT2D eigenvalue weighted by molar-refractivity contribution is -0.121. The van der Waals surface area contributed by atoms with Gasteiger partial charge in [0.05, 0.1) is 25.9 Å². The van der Waals surface area contributed by atoms with Crippen LogP contribution in [0.4, 0.5) is 0 Å². The molecular formula is C27H37NO6. The van der Waals surface area contributed by atoms with Gasteiger partial charge >= 0.3 is 5.97 Å². The maximum absolute atomic E-state index is 13.2. The van der Waals surface area contributed by atoms with Crippen LogP contribution in [0.2, 0.25) is 0 Å². The summed E-state index contributed by atoms with van der Waals surface area (Å²) in [6.07, 6.45) is 8.56. The Balaban J connectivity index is 1.30. The molecule has 4 rings (SSSR count). The number of ether oxygens (including phenoxy) is 3. The average Bonchev–Trinajstić information content (AvgIpc) is 3.51. The summed E-state index contributed by atoms with van der Waals surface area (Å²) in [5, 5.41) is 4.28. The first-order valence-electron chi connectivity index (χ1n) is 12.7. The molecule has 0 unspecified atom stereocenters. The highest BCUT2D eigenvalue weighted by molar-refractivity contribution is 5.93. The Morgan fingerprint density at radius 2 is 1.88 bits per heavy atom. The van der Waals surface area contributed by atoms with E-state index < -0.39 is 5.97 Å². The third kappa shape index (κ3) is 6.46. The molecule has 2 heterocycles. The van der Waals surface area contributed by atoms with Gasteiger partial charge in [-0.25, -0.2) is 4.79 Å². The molecule has 2 aromatic rings. The van der Waals surface area contributed by atoms with Gasteiger partial charge in [-0.05, 0) is 48.6 Å². The van der Waals surface area contributed by atoms with E-state index in [4.69, 9.17) is 18.6 Å². The first-order chi connectivity index (χ1) is 16.7. The molecule has 1 N–H and O–H groups in total. The number of nitrogens with one attached hydrogen (secondary N) is 1. The Bertz CT molecular complexity index is 948. The summed E-state index contributed by atoms with van der Waals surface area (Å²) < 4.78 is 21.2. The fraction of sp³-hybridized carbons (Fsp3) is 0.630. The van der Waals surface area contributed by atoms with Crippen LogP contribution in [-0.2, 0) is 25.4 Å². The Labute approximate surface area is 201 Å². The Morgan fingerprint density at radius 1 is 1.03 bits per heavy atom. The molecule has 7 nitrogen and oxygen atoms in total. The van der Waals surface area contributed by atoms with E-state index in [-0.39, 0.29) is 24.2 Å². The van der Waals surface area contributed by atoms with Gasteiger partial charge in [0.1, 0.15) is 5.58 Å². The minimum atomic E-state index is -0.490. The summed E-state index contributed by atoms with van der Waals surface area (Å²) in [5.41, 5.74) is 1.56. The Morgan fingerprint density at radius 3 is 2.71 bits per heavy atom. The number of benzene rings is 1. The molecule has 1 saturated heterocycles. The van der Waals surface area contributed by atoms with Gasteiger partial charge in [0.25, 0.3) is 0 Å². The van der Waals surface area contributed by atoms with Gasteiger partial charge < -0.3 is 23.9 Å². The minimum Gasteiger partial charge on any atom is -0.460 e. The molecule has 0 amide bonds. The van der Waals surface area contributed by atoms with Gasteiger partial charge in [0.2, 0.25) is 5.76 Å².